The van der Waals surface area contributed by atoms with E-state index in [0.29, 0.717) is 12.6 Å². The number of hydrogen-bond donors (Lipinski definition) is 1. The topological polar surface area (TPSA) is 63.2 Å². The summed E-state index contributed by atoms with van der Waals surface area (Å²) in [4.78, 5) is 14.7. The van der Waals surface area contributed by atoms with Crippen LogP contribution in [0.5, 0.6) is 6.01 Å². The molecule has 1 fully saturated rings. The van der Waals surface area contributed by atoms with Gasteiger partial charge < -0.3 is 10.1 Å². The average molecular weight is 300 g/mol. The molecular formula is C13H22ClN5O. The number of aromatic nitrogens is 3. The van der Waals surface area contributed by atoms with Crippen LogP contribution in [0.1, 0.15) is 33.1 Å². The second-order valence-electron chi connectivity index (χ2n) is 4.85. The predicted molar refractivity (Wildman–Crippen MR) is 79.4 cm³/mol. The quantitative estimate of drug-likeness (QED) is 0.754. The summed E-state index contributed by atoms with van der Waals surface area (Å²) in [7, 11) is 0. The molecule has 0 radical (unpaired) electrons. The molecule has 2 rings (SSSR count). The maximum Gasteiger partial charge on any atom is 0.322 e. The maximum atomic E-state index is 5.87. The molecule has 0 unspecified atom stereocenters. The fourth-order valence-electron chi connectivity index (χ4n) is 2.02. The van der Waals surface area contributed by atoms with Gasteiger partial charge in [0.25, 0.3) is 0 Å². The van der Waals surface area contributed by atoms with E-state index in [1.807, 2.05) is 6.92 Å². The number of hydrogen-bond acceptors (Lipinski definition) is 6. The minimum Gasteiger partial charge on any atom is -0.463 e. The number of nitrogens with zero attached hydrogens (tertiary/aromatic N) is 4. The van der Waals surface area contributed by atoms with Crippen LogP contribution in [0.4, 0.5) is 5.95 Å². The Morgan fingerprint density at radius 3 is 2.75 bits per heavy atom. The third-order valence-electron chi connectivity index (χ3n) is 3.17. The van der Waals surface area contributed by atoms with Crippen molar-refractivity contribution >= 4 is 17.5 Å². The van der Waals surface area contributed by atoms with Crippen molar-refractivity contribution in [2.24, 2.45) is 0 Å². The van der Waals surface area contributed by atoms with E-state index in [4.69, 9.17) is 16.3 Å². The summed E-state index contributed by atoms with van der Waals surface area (Å²) < 4.78 is 5.38. The molecule has 6 nitrogen and oxygen atoms in total. The van der Waals surface area contributed by atoms with E-state index in [-0.39, 0.29) is 11.3 Å². The van der Waals surface area contributed by atoms with Crippen molar-refractivity contribution in [2.45, 2.75) is 39.2 Å². The van der Waals surface area contributed by atoms with Gasteiger partial charge in [-0.3, -0.25) is 4.90 Å². The molecule has 0 amide bonds. The molecule has 20 heavy (non-hydrogen) atoms. The lowest BCUT2D eigenvalue weighted by Gasteiger charge is -2.19. The molecule has 112 valence electrons. The van der Waals surface area contributed by atoms with E-state index in [0.717, 1.165) is 32.1 Å². The van der Waals surface area contributed by atoms with Gasteiger partial charge in [0.2, 0.25) is 11.2 Å². The molecule has 0 spiro atoms. The Hall–Kier alpha value is -1.14. The third-order valence-corrected chi connectivity index (χ3v) is 3.34. The zero-order chi connectivity index (χ0) is 14.4. The summed E-state index contributed by atoms with van der Waals surface area (Å²) in [5.74, 6) is 0.475. The van der Waals surface area contributed by atoms with Crippen molar-refractivity contribution in [1.82, 2.24) is 19.9 Å². The van der Waals surface area contributed by atoms with Crippen molar-refractivity contribution < 1.29 is 4.74 Å². The molecule has 7 heteroatoms. The standard InChI is InChI=1S/C13H22ClN5O/c1-3-9-20-13-17-11(14)16-12(18-13)15-7-8-19(4-2)10-5-6-10/h10H,3-9H2,1-2H3,(H,15,16,17,18). The van der Waals surface area contributed by atoms with Gasteiger partial charge in [-0.05, 0) is 37.4 Å². The fourth-order valence-corrected chi connectivity index (χ4v) is 2.17. The number of halogens is 1. The van der Waals surface area contributed by atoms with Crippen molar-refractivity contribution in [1.29, 1.82) is 0 Å². The second kappa shape index (κ2) is 7.59. The van der Waals surface area contributed by atoms with E-state index >= 15 is 0 Å². The van der Waals surface area contributed by atoms with Gasteiger partial charge in [0.15, 0.2) is 0 Å². The summed E-state index contributed by atoms with van der Waals surface area (Å²) in [6.07, 6.45) is 3.54. The summed E-state index contributed by atoms with van der Waals surface area (Å²) in [6.45, 7) is 7.64. The molecule has 0 saturated heterocycles. The minimum atomic E-state index is 0.156. The molecule has 0 bridgehead atoms. The lowest BCUT2D eigenvalue weighted by molar-refractivity contribution is 0.287. The summed E-state index contributed by atoms with van der Waals surface area (Å²) in [5.41, 5.74) is 0. The van der Waals surface area contributed by atoms with Crippen LogP contribution in [0.15, 0.2) is 0 Å². The summed E-state index contributed by atoms with van der Waals surface area (Å²) in [6, 6.07) is 1.05. The van der Waals surface area contributed by atoms with Crippen LogP contribution in [0, 0.1) is 0 Å². The Balaban J connectivity index is 1.83. The fraction of sp³-hybridized carbons (Fsp3) is 0.769. The Labute approximate surface area is 124 Å². The van der Waals surface area contributed by atoms with E-state index in [1.165, 1.54) is 12.8 Å². The molecule has 0 atom stereocenters. The summed E-state index contributed by atoms with van der Waals surface area (Å²) in [5, 5.41) is 3.34. The molecule has 1 aliphatic rings. The molecule has 1 aliphatic carbocycles. The molecule has 0 aromatic carbocycles. The first-order valence-corrected chi connectivity index (χ1v) is 7.63. The number of nitrogens with one attached hydrogen (secondary N) is 1. The van der Waals surface area contributed by atoms with Crippen LogP contribution in [-0.2, 0) is 0 Å². The first kappa shape index (κ1) is 15.3. The Bertz CT molecular complexity index is 427. The first-order chi connectivity index (χ1) is 9.72. The number of anilines is 1. The molecule has 1 N–H and O–H groups in total. The lowest BCUT2D eigenvalue weighted by Crippen LogP contribution is -2.31. The monoisotopic (exact) mass is 299 g/mol. The van der Waals surface area contributed by atoms with E-state index in [1.54, 1.807) is 0 Å². The van der Waals surface area contributed by atoms with Crippen molar-refractivity contribution in [3.05, 3.63) is 5.28 Å². The lowest BCUT2D eigenvalue weighted by atomic mass is 10.4. The van der Waals surface area contributed by atoms with Crippen LogP contribution in [0.3, 0.4) is 0 Å². The highest BCUT2D eigenvalue weighted by atomic mass is 35.5. The maximum absolute atomic E-state index is 5.87. The SMILES string of the molecule is CCCOc1nc(Cl)nc(NCCN(CC)C2CC2)n1. The van der Waals surface area contributed by atoms with Crippen LogP contribution in [-0.4, -0.2) is 52.1 Å². The number of likely N-dealkylation sites (N-methyl/N-ethyl adjacent to an activating group) is 1. The Morgan fingerprint density at radius 1 is 1.30 bits per heavy atom. The second-order valence-corrected chi connectivity index (χ2v) is 5.18. The zero-order valence-electron chi connectivity index (χ0n) is 12.1. The van der Waals surface area contributed by atoms with Gasteiger partial charge in [-0.1, -0.05) is 13.8 Å². The van der Waals surface area contributed by atoms with Gasteiger partial charge in [0, 0.05) is 19.1 Å². The number of rotatable bonds is 9. The molecule has 1 aromatic heterocycles. The van der Waals surface area contributed by atoms with E-state index in [2.05, 4.69) is 32.1 Å². The largest absolute Gasteiger partial charge is 0.463 e. The zero-order valence-corrected chi connectivity index (χ0v) is 12.9. The Morgan fingerprint density at radius 2 is 2.10 bits per heavy atom. The molecule has 1 heterocycles. The van der Waals surface area contributed by atoms with Gasteiger partial charge in [-0.15, -0.1) is 0 Å². The van der Waals surface area contributed by atoms with Crippen LogP contribution in [0.2, 0.25) is 5.28 Å². The number of ether oxygens (including phenoxy) is 1. The average Bonchev–Trinajstić information content (AvgIpc) is 3.25. The van der Waals surface area contributed by atoms with Gasteiger partial charge in [0.05, 0.1) is 6.61 Å². The highest BCUT2D eigenvalue weighted by Gasteiger charge is 2.27. The molecular weight excluding hydrogens is 278 g/mol. The van der Waals surface area contributed by atoms with Gasteiger partial charge >= 0.3 is 6.01 Å². The van der Waals surface area contributed by atoms with Crippen LogP contribution in [0.25, 0.3) is 0 Å². The molecule has 1 aromatic rings. The van der Waals surface area contributed by atoms with Crippen molar-refractivity contribution in [2.75, 3.05) is 31.6 Å². The Kier molecular flexibility index (Phi) is 5.79. The van der Waals surface area contributed by atoms with E-state index in [9.17, 15) is 0 Å². The molecule has 1 saturated carbocycles. The summed E-state index contributed by atoms with van der Waals surface area (Å²) >= 11 is 5.87. The van der Waals surface area contributed by atoms with Gasteiger partial charge in [0.1, 0.15) is 0 Å². The molecule has 0 aliphatic heterocycles. The third kappa shape index (κ3) is 4.76. The smallest absolute Gasteiger partial charge is 0.322 e. The van der Waals surface area contributed by atoms with Crippen molar-refractivity contribution in [3.8, 4) is 6.01 Å². The van der Waals surface area contributed by atoms with E-state index < -0.39 is 0 Å². The van der Waals surface area contributed by atoms with Crippen molar-refractivity contribution in [3.63, 3.8) is 0 Å². The van der Waals surface area contributed by atoms with Crippen LogP contribution < -0.4 is 10.1 Å². The van der Waals surface area contributed by atoms with Gasteiger partial charge in [-0.2, -0.15) is 15.0 Å². The normalized spacial score (nSPS) is 14.6. The minimum absolute atomic E-state index is 0.156. The highest BCUT2D eigenvalue weighted by molar-refractivity contribution is 6.28. The predicted octanol–water partition coefficient (Wildman–Crippen LogP) is 2.21. The highest BCUT2D eigenvalue weighted by Crippen LogP contribution is 2.25. The van der Waals surface area contributed by atoms with Crippen LogP contribution >= 0.6 is 11.6 Å². The van der Waals surface area contributed by atoms with Gasteiger partial charge in [-0.25, -0.2) is 0 Å². The first-order valence-electron chi connectivity index (χ1n) is 7.25.